The van der Waals surface area contributed by atoms with E-state index in [-0.39, 0.29) is 24.9 Å². The summed E-state index contributed by atoms with van der Waals surface area (Å²) in [5.74, 6) is -2.14. The number of rotatable bonds is 7. The van der Waals surface area contributed by atoms with Crippen LogP contribution < -0.4 is 10.0 Å². The molecule has 0 aliphatic carbocycles. The van der Waals surface area contributed by atoms with Crippen molar-refractivity contribution in [1.82, 2.24) is 10.0 Å². The second-order valence-corrected chi connectivity index (χ2v) is 7.23. The van der Waals surface area contributed by atoms with Crippen LogP contribution in [0.5, 0.6) is 0 Å². The minimum absolute atomic E-state index is 0.0909. The van der Waals surface area contributed by atoms with E-state index in [1.54, 1.807) is 7.05 Å². The Balaban J connectivity index is 3.07. The number of hydrogen-bond donors (Lipinski definition) is 2. The SMILES string of the molecule is CNCc1cc(F)c(F)c(S(=O)(=O)NCC(C)C(C)C)c1. The molecular weight excluding hydrogens is 298 g/mol. The predicted molar refractivity (Wildman–Crippen MR) is 78.3 cm³/mol. The first-order valence-corrected chi connectivity index (χ1v) is 8.29. The second-order valence-electron chi connectivity index (χ2n) is 5.49. The molecule has 0 aliphatic rings. The van der Waals surface area contributed by atoms with Gasteiger partial charge < -0.3 is 5.32 Å². The van der Waals surface area contributed by atoms with Gasteiger partial charge in [0.25, 0.3) is 0 Å². The fourth-order valence-corrected chi connectivity index (χ4v) is 2.95. The molecule has 0 fully saturated rings. The summed E-state index contributed by atoms with van der Waals surface area (Å²) in [6, 6.07) is 2.14. The predicted octanol–water partition coefficient (Wildman–Crippen LogP) is 2.25. The lowest BCUT2D eigenvalue weighted by molar-refractivity contribution is 0.413. The monoisotopic (exact) mass is 320 g/mol. The molecule has 1 unspecified atom stereocenters. The largest absolute Gasteiger partial charge is 0.316 e. The van der Waals surface area contributed by atoms with Crippen molar-refractivity contribution in [3.05, 3.63) is 29.3 Å². The van der Waals surface area contributed by atoms with Crippen LogP contribution in [0, 0.1) is 23.5 Å². The van der Waals surface area contributed by atoms with Crippen molar-refractivity contribution >= 4 is 10.0 Å². The highest BCUT2D eigenvalue weighted by Gasteiger charge is 2.23. The van der Waals surface area contributed by atoms with Gasteiger partial charge in [-0.15, -0.1) is 0 Å². The lowest BCUT2D eigenvalue weighted by Crippen LogP contribution is -2.31. The molecule has 0 radical (unpaired) electrons. The van der Waals surface area contributed by atoms with Crippen molar-refractivity contribution in [3.63, 3.8) is 0 Å². The van der Waals surface area contributed by atoms with Gasteiger partial charge in [-0.2, -0.15) is 0 Å². The molecule has 0 aliphatic heterocycles. The van der Waals surface area contributed by atoms with Gasteiger partial charge in [-0.25, -0.2) is 21.9 Å². The van der Waals surface area contributed by atoms with Crippen LogP contribution in [0.3, 0.4) is 0 Å². The quantitative estimate of drug-likeness (QED) is 0.810. The van der Waals surface area contributed by atoms with Crippen molar-refractivity contribution in [2.24, 2.45) is 11.8 Å². The van der Waals surface area contributed by atoms with Crippen LogP contribution in [-0.2, 0) is 16.6 Å². The zero-order valence-electron chi connectivity index (χ0n) is 12.7. The third kappa shape index (κ3) is 4.72. The van der Waals surface area contributed by atoms with E-state index in [0.29, 0.717) is 5.56 Å². The highest BCUT2D eigenvalue weighted by molar-refractivity contribution is 7.89. The Hall–Kier alpha value is -1.05. The van der Waals surface area contributed by atoms with Gasteiger partial charge >= 0.3 is 0 Å². The normalized spacial score (nSPS) is 13.7. The van der Waals surface area contributed by atoms with Crippen LogP contribution in [0.4, 0.5) is 8.78 Å². The number of hydrogen-bond acceptors (Lipinski definition) is 3. The summed E-state index contributed by atoms with van der Waals surface area (Å²) in [5, 5.41) is 2.77. The molecule has 120 valence electrons. The summed E-state index contributed by atoms with van der Waals surface area (Å²) in [6.45, 7) is 6.25. The van der Waals surface area contributed by atoms with E-state index in [0.717, 1.165) is 12.1 Å². The zero-order chi connectivity index (χ0) is 16.2. The van der Waals surface area contributed by atoms with Crippen LogP contribution in [-0.4, -0.2) is 22.0 Å². The van der Waals surface area contributed by atoms with Gasteiger partial charge in [0.1, 0.15) is 4.90 Å². The number of nitrogens with one attached hydrogen (secondary N) is 2. The van der Waals surface area contributed by atoms with Crippen LogP contribution in [0.2, 0.25) is 0 Å². The maximum absolute atomic E-state index is 13.8. The molecule has 1 aromatic rings. The van der Waals surface area contributed by atoms with E-state index in [1.807, 2.05) is 20.8 Å². The van der Waals surface area contributed by atoms with Crippen molar-refractivity contribution in [2.75, 3.05) is 13.6 Å². The van der Waals surface area contributed by atoms with Gasteiger partial charge in [0.15, 0.2) is 11.6 Å². The maximum Gasteiger partial charge on any atom is 0.243 e. The first kappa shape index (κ1) is 18.0. The second kappa shape index (κ2) is 7.29. The Kier molecular flexibility index (Phi) is 6.24. The summed E-state index contributed by atoms with van der Waals surface area (Å²) in [5.41, 5.74) is 0.369. The fourth-order valence-electron chi connectivity index (χ4n) is 1.67. The molecule has 0 amide bonds. The average molecular weight is 320 g/mol. The van der Waals surface area contributed by atoms with Crippen LogP contribution >= 0.6 is 0 Å². The Labute approximate surface area is 125 Å². The lowest BCUT2D eigenvalue weighted by Gasteiger charge is -2.17. The molecule has 1 rings (SSSR count). The molecule has 0 saturated heterocycles. The van der Waals surface area contributed by atoms with Crippen molar-refractivity contribution < 1.29 is 17.2 Å². The zero-order valence-corrected chi connectivity index (χ0v) is 13.5. The van der Waals surface area contributed by atoms with E-state index in [2.05, 4.69) is 10.0 Å². The molecule has 0 saturated carbocycles. The third-order valence-corrected chi connectivity index (χ3v) is 4.88. The summed E-state index contributed by atoms with van der Waals surface area (Å²) in [7, 11) is -2.44. The molecule has 0 bridgehead atoms. The first-order chi connectivity index (χ1) is 9.69. The summed E-state index contributed by atoms with van der Waals surface area (Å²) >= 11 is 0. The summed E-state index contributed by atoms with van der Waals surface area (Å²) in [6.07, 6.45) is 0. The van der Waals surface area contributed by atoms with E-state index in [9.17, 15) is 17.2 Å². The topological polar surface area (TPSA) is 58.2 Å². The number of benzene rings is 1. The molecule has 4 nitrogen and oxygen atoms in total. The standard InChI is InChI=1S/C14H22F2N2O2S/c1-9(2)10(3)7-18-21(19,20)13-6-11(8-17-4)5-12(15)14(13)16/h5-6,9-10,17-18H,7-8H2,1-4H3. The van der Waals surface area contributed by atoms with Gasteiger partial charge in [0, 0.05) is 13.1 Å². The third-order valence-electron chi connectivity index (χ3n) is 3.46. The van der Waals surface area contributed by atoms with Crippen molar-refractivity contribution in [2.45, 2.75) is 32.2 Å². The minimum atomic E-state index is -4.08. The lowest BCUT2D eigenvalue weighted by atomic mass is 9.99. The maximum atomic E-state index is 13.8. The molecule has 1 atom stereocenters. The summed E-state index contributed by atoms with van der Waals surface area (Å²) < 4.78 is 54.0. The first-order valence-electron chi connectivity index (χ1n) is 6.81. The fraction of sp³-hybridized carbons (Fsp3) is 0.571. The molecule has 1 aromatic carbocycles. The molecule has 7 heteroatoms. The van der Waals surface area contributed by atoms with Gasteiger partial charge in [0.2, 0.25) is 10.0 Å². The van der Waals surface area contributed by atoms with Gasteiger partial charge in [-0.05, 0) is 36.6 Å². The molecule has 0 aromatic heterocycles. The molecule has 2 N–H and O–H groups in total. The van der Waals surface area contributed by atoms with Crippen LogP contribution in [0.25, 0.3) is 0 Å². The Morgan fingerprint density at radius 3 is 2.33 bits per heavy atom. The van der Waals surface area contributed by atoms with E-state index >= 15 is 0 Å². The highest BCUT2D eigenvalue weighted by atomic mass is 32.2. The van der Waals surface area contributed by atoms with Crippen LogP contribution in [0.15, 0.2) is 17.0 Å². The molecule has 0 spiro atoms. The Morgan fingerprint density at radius 2 is 1.81 bits per heavy atom. The minimum Gasteiger partial charge on any atom is -0.316 e. The van der Waals surface area contributed by atoms with Gasteiger partial charge in [-0.1, -0.05) is 20.8 Å². The summed E-state index contributed by atoms with van der Waals surface area (Å²) in [4.78, 5) is -0.649. The van der Waals surface area contributed by atoms with Crippen molar-refractivity contribution in [1.29, 1.82) is 0 Å². The van der Waals surface area contributed by atoms with Crippen molar-refractivity contribution in [3.8, 4) is 0 Å². The number of halogens is 2. The molecule has 0 heterocycles. The van der Waals surface area contributed by atoms with Gasteiger partial charge in [0.05, 0.1) is 0 Å². The Bertz CT molecular complexity index is 589. The van der Waals surface area contributed by atoms with E-state index in [1.165, 1.54) is 0 Å². The van der Waals surface area contributed by atoms with Crippen LogP contribution in [0.1, 0.15) is 26.3 Å². The smallest absolute Gasteiger partial charge is 0.243 e. The van der Waals surface area contributed by atoms with E-state index in [4.69, 9.17) is 0 Å². The van der Waals surface area contributed by atoms with E-state index < -0.39 is 26.6 Å². The number of sulfonamides is 1. The average Bonchev–Trinajstić information content (AvgIpc) is 2.40. The van der Waals surface area contributed by atoms with Gasteiger partial charge in [-0.3, -0.25) is 0 Å². The highest BCUT2D eigenvalue weighted by Crippen LogP contribution is 2.20. The molecule has 21 heavy (non-hydrogen) atoms. The Morgan fingerprint density at radius 1 is 1.19 bits per heavy atom. The molecular formula is C14H22F2N2O2S.